The number of fused-ring (bicyclic) bond motifs is 3. The van der Waals surface area contributed by atoms with Crippen LogP contribution >= 0.6 is 0 Å². The molecule has 7 nitrogen and oxygen atoms in total. The van der Waals surface area contributed by atoms with E-state index in [2.05, 4.69) is 69.3 Å². The van der Waals surface area contributed by atoms with Gasteiger partial charge in [0.05, 0.1) is 17.9 Å². The van der Waals surface area contributed by atoms with Crippen molar-refractivity contribution in [3.05, 3.63) is 89.5 Å². The second-order valence-electron chi connectivity index (χ2n) is 16.1. The van der Waals surface area contributed by atoms with E-state index in [1.165, 1.54) is 0 Å². The van der Waals surface area contributed by atoms with E-state index in [1.807, 2.05) is 38.1 Å². The molecule has 49 heavy (non-hydrogen) atoms. The van der Waals surface area contributed by atoms with Gasteiger partial charge in [0, 0.05) is 24.5 Å². The molecule has 6 atom stereocenters. The Morgan fingerprint density at radius 2 is 1.45 bits per heavy atom. The molecule has 2 saturated heterocycles. The third-order valence-corrected chi connectivity index (χ3v) is 17.1. The number of carbonyl (C=O) groups is 2. The molecule has 0 unspecified atom stereocenters. The third-order valence-electron chi connectivity index (χ3n) is 12.1. The standard InChI is InChI=1S/C41H51NO6Si/c1-26-21-28(22-27(2)37(26)43)35-24-34-36-33(38(44)42(39(36)45)30-15-9-6-10-16-30)23-29(41(34,46)48-35)25-47-49(40(3,4)5,31-17-11-7-12-18-31)32-19-13-8-14-20-32/h7-8,11-14,17-22,29-30,33-36,43,46H,6,9-10,15-16,23-25H2,1-5H3/t29-,33+,34+,35+,36+,41-/m1/s1. The Labute approximate surface area is 291 Å². The Morgan fingerprint density at radius 3 is 2.00 bits per heavy atom. The molecule has 0 aromatic heterocycles. The van der Waals surface area contributed by atoms with Crippen LogP contribution < -0.4 is 10.4 Å². The first-order valence-electron chi connectivity index (χ1n) is 18.2. The van der Waals surface area contributed by atoms with Gasteiger partial charge in [0.25, 0.3) is 8.32 Å². The van der Waals surface area contributed by atoms with Gasteiger partial charge in [-0.15, -0.1) is 0 Å². The number of aryl methyl sites for hydroxylation is 2. The van der Waals surface area contributed by atoms with Crippen LogP contribution in [0.5, 0.6) is 5.75 Å². The Hall–Kier alpha value is -3.30. The summed E-state index contributed by atoms with van der Waals surface area (Å²) in [6.07, 6.45) is 5.10. The van der Waals surface area contributed by atoms with Gasteiger partial charge in [0.15, 0.2) is 5.79 Å². The largest absolute Gasteiger partial charge is 0.507 e. The number of likely N-dealkylation sites (tertiary alicyclic amines) is 1. The Balaban J connectivity index is 1.29. The van der Waals surface area contributed by atoms with Gasteiger partial charge in [0.1, 0.15) is 5.75 Å². The van der Waals surface area contributed by atoms with E-state index >= 15 is 0 Å². The van der Waals surface area contributed by atoms with Crippen LogP contribution in [0.15, 0.2) is 72.8 Å². The van der Waals surface area contributed by atoms with Crippen molar-refractivity contribution in [2.24, 2.45) is 23.7 Å². The number of ether oxygens (including phenoxy) is 1. The normalized spacial score (nSPS) is 29.3. The van der Waals surface area contributed by atoms with Gasteiger partial charge >= 0.3 is 0 Å². The van der Waals surface area contributed by atoms with Crippen LogP contribution in [-0.4, -0.2) is 53.7 Å². The molecule has 2 amide bonds. The fraction of sp³-hybridized carbons (Fsp3) is 0.512. The zero-order chi connectivity index (χ0) is 34.7. The summed E-state index contributed by atoms with van der Waals surface area (Å²) < 4.78 is 14.1. The minimum absolute atomic E-state index is 0.0697. The fourth-order valence-corrected chi connectivity index (χ4v) is 14.4. The lowest BCUT2D eigenvalue weighted by molar-refractivity contribution is -0.273. The lowest BCUT2D eigenvalue weighted by Gasteiger charge is -2.48. The average molecular weight is 682 g/mol. The molecule has 0 bridgehead atoms. The van der Waals surface area contributed by atoms with Gasteiger partial charge in [-0.05, 0) is 83.8 Å². The Morgan fingerprint density at radius 1 is 0.878 bits per heavy atom. The van der Waals surface area contributed by atoms with Crippen LogP contribution in [0.4, 0.5) is 0 Å². The van der Waals surface area contributed by atoms with Crippen molar-refractivity contribution in [3.63, 3.8) is 0 Å². The predicted octanol–water partition coefficient (Wildman–Crippen LogP) is 6.31. The molecule has 0 radical (unpaired) electrons. The molecule has 2 heterocycles. The molecule has 3 aromatic rings. The van der Waals surface area contributed by atoms with Gasteiger partial charge in [-0.3, -0.25) is 14.5 Å². The van der Waals surface area contributed by atoms with Crippen molar-refractivity contribution in [3.8, 4) is 5.75 Å². The van der Waals surface area contributed by atoms with E-state index in [0.29, 0.717) is 12.8 Å². The molecule has 2 aliphatic heterocycles. The third kappa shape index (κ3) is 5.59. The van der Waals surface area contributed by atoms with Crippen molar-refractivity contribution in [1.82, 2.24) is 4.90 Å². The number of rotatable bonds is 7. The van der Waals surface area contributed by atoms with Gasteiger partial charge < -0.3 is 19.4 Å². The van der Waals surface area contributed by atoms with E-state index in [-0.39, 0.29) is 35.3 Å². The molecule has 0 spiro atoms. The Bertz CT molecular complexity index is 1640. The lowest BCUT2D eigenvalue weighted by Crippen LogP contribution is -2.67. The maximum absolute atomic E-state index is 14.3. The predicted molar refractivity (Wildman–Crippen MR) is 192 cm³/mol. The number of phenolic OH excluding ortho intramolecular Hbond substituents is 1. The van der Waals surface area contributed by atoms with Crippen LogP contribution in [0.2, 0.25) is 5.04 Å². The summed E-state index contributed by atoms with van der Waals surface area (Å²) in [5.41, 5.74) is 2.33. The number of aliphatic hydroxyl groups is 1. The van der Waals surface area contributed by atoms with Crippen LogP contribution in [-0.2, 0) is 18.8 Å². The van der Waals surface area contributed by atoms with Crippen LogP contribution in [0, 0.1) is 37.5 Å². The fourth-order valence-electron chi connectivity index (χ4n) is 9.77. The molecule has 4 fully saturated rings. The quantitative estimate of drug-likeness (QED) is 0.224. The monoisotopic (exact) mass is 681 g/mol. The first-order valence-corrected chi connectivity index (χ1v) is 20.1. The highest BCUT2D eigenvalue weighted by atomic mass is 28.4. The molecule has 7 rings (SSSR count). The summed E-state index contributed by atoms with van der Waals surface area (Å²) >= 11 is 0. The van der Waals surface area contributed by atoms with Crippen molar-refractivity contribution in [2.45, 2.75) is 103 Å². The minimum atomic E-state index is -2.97. The molecule has 2 aliphatic carbocycles. The van der Waals surface area contributed by atoms with Gasteiger partial charge in [-0.2, -0.15) is 0 Å². The van der Waals surface area contributed by atoms with Crippen LogP contribution in [0.25, 0.3) is 0 Å². The summed E-state index contributed by atoms with van der Waals surface area (Å²) in [5.74, 6) is -3.90. The number of hydrogen-bond acceptors (Lipinski definition) is 6. The van der Waals surface area contributed by atoms with Crippen molar-refractivity contribution in [2.75, 3.05) is 6.61 Å². The maximum Gasteiger partial charge on any atom is 0.261 e. The topological polar surface area (TPSA) is 96.3 Å². The van der Waals surface area contributed by atoms with Crippen molar-refractivity contribution < 1.29 is 29.0 Å². The summed E-state index contributed by atoms with van der Waals surface area (Å²) in [7, 11) is -2.97. The van der Waals surface area contributed by atoms with E-state index < -0.39 is 43.9 Å². The first kappa shape index (κ1) is 34.2. The number of phenols is 1. The number of carbonyl (C=O) groups excluding carboxylic acids is 2. The highest BCUT2D eigenvalue weighted by Crippen LogP contribution is 2.59. The number of amides is 2. The Kier molecular flexibility index (Phi) is 8.91. The smallest absolute Gasteiger partial charge is 0.261 e. The highest BCUT2D eigenvalue weighted by Gasteiger charge is 2.67. The molecule has 2 N–H and O–H groups in total. The SMILES string of the molecule is Cc1cc([C@@H]2C[C@H]3[C@H]4C(=O)N(C5CCCCC5)C(=O)[C@H]4C[C@H](CO[Si](c4ccccc4)(c4ccccc4)C(C)(C)C)[C@@]3(O)O2)cc(C)c1O. The minimum Gasteiger partial charge on any atom is -0.507 e. The van der Waals surface area contributed by atoms with Gasteiger partial charge in [-0.1, -0.05) is 101 Å². The second kappa shape index (κ2) is 12.8. The summed E-state index contributed by atoms with van der Waals surface area (Å²) in [6.45, 7) is 10.6. The summed E-state index contributed by atoms with van der Waals surface area (Å²) in [5, 5.41) is 25.4. The number of nitrogens with zero attached hydrogens (tertiary/aromatic N) is 1. The molecule has 4 aliphatic rings. The molecule has 8 heteroatoms. The number of hydrogen-bond donors (Lipinski definition) is 2. The lowest BCUT2D eigenvalue weighted by atomic mass is 9.64. The van der Waals surface area contributed by atoms with Crippen molar-refractivity contribution >= 4 is 30.5 Å². The zero-order valence-corrected chi connectivity index (χ0v) is 30.5. The van der Waals surface area contributed by atoms with Gasteiger partial charge in [-0.25, -0.2) is 0 Å². The van der Waals surface area contributed by atoms with Crippen molar-refractivity contribution in [1.29, 1.82) is 0 Å². The highest BCUT2D eigenvalue weighted by molar-refractivity contribution is 6.99. The number of benzene rings is 3. The summed E-state index contributed by atoms with van der Waals surface area (Å²) in [6, 6.07) is 24.6. The van der Waals surface area contributed by atoms with E-state index in [1.54, 1.807) is 4.90 Å². The second-order valence-corrected chi connectivity index (χ2v) is 20.4. The molecular formula is C41H51NO6Si. The summed E-state index contributed by atoms with van der Waals surface area (Å²) in [4.78, 5) is 30.2. The average Bonchev–Trinajstić information content (AvgIpc) is 3.57. The molecular weight excluding hydrogens is 631 g/mol. The van der Waals surface area contributed by atoms with E-state index in [9.17, 15) is 19.8 Å². The number of imide groups is 1. The molecule has 260 valence electrons. The number of aromatic hydroxyl groups is 1. The van der Waals surface area contributed by atoms with E-state index in [4.69, 9.17) is 9.16 Å². The van der Waals surface area contributed by atoms with E-state index in [0.717, 1.165) is 59.2 Å². The first-order chi connectivity index (χ1) is 23.4. The zero-order valence-electron chi connectivity index (χ0n) is 29.5. The molecule has 2 saturated carbocycles. The van der Waals surface area contributed by atoms with Crippen LogP contribution in [0.3, 0.4) is 0 Å². The van der Waals surface area contributed by atoms with Crippen LogP contribution in [0.1, 0.15) is 88.5 Å². The molecule has 3 aromatic carbocycles. The maximum atomic E-state index is 14.3. The van der Waals surface area contributed by atoms with Gasteiger partial charge in [0.2, 0.25) is 11.8 Å².